The Kier molecular flexibility index (Phi) is 5.23. The van der Waals surface area contributed by atoms with Crippen molar-refractivity contribution in [1.29, 1.82) is 0 Å². The lowest BCUT2D eigenvalue weighted by atomic mass is 9.87. The minimum Gasteiger partial charge on any atom is -0.385 e. The quantitative estimate of drug-likeness (QED) is 0.648. The number of carbonyl (C=O) groups excluding carboxylic acids is 1. The summed E-state index contributed by atoms with van der Waals surface area (Å²) in [5.74, 6) is 2.24. The van der Waals surface area contributed by atoms with E-state index in [-0.39, 0.29) is 5.91 Å². The van der Waals surface area contributed by atoms with Gasteiger partial charge in [0, 0.05) is 12.2 Å². The van der Waals surface area contributed by atoms with Gasteiger partial charge in [-0.05, 0) is 75.0 Å². The molecule has 1 aliphatic heterocycles. The van der Waals surface area contributed by atoms with Crippen LogP contribution in [0, 0.1) is 17.8 Å². The largest absolute Gasteiger partial charge is 0.416 e. The van der Waals surface area contributed by atoms with E-state index in [9.17, 15) is 18.0 Å². The molecule has 0 saturated heterocycles. The van der Waals surface area contributed by atoms with Crippen molar-refractivity contribution >= 4 is 28.4 Å². The van der Waals surface area contributed by atoms with E-state index in [0.717, 1.165) is 35.4 Å². The van der Waals surface area contributed by atoms with Crippen LogP contribution in [0.25, 0.3) is 0 Å². The molecular formula is C21H25F3N2OS. The molecule has 1 amide bonds. The van der Waals surface area contributed by atoms with Crippen LogP contribution < -0.4 is 5.32 Å². The van der Waals surface area contributed by atoms with E-state index in [0.29, 0.717) is 24.6 Å². The second kappa shape index (κ2) is 7.39. The van der Waals surface area contributed by atoms with Gasteiger partial charge < -0.3 is 5.32 Å². The van der Waals surface area contributed by atoms with Crippen LogP contribution in [0.15, 0.2) is 29.3 Å². The molecule has 4 unspecified atom stereocenters. The van der Waals surface area contributed by atoms with Crippen molar-refractivity contribution in [3.63, 3.8) is 0 Å². The number of benzene rings is 1. The van der Waals surface area contributed by atoms with Gasteiger partial charge in [0.15, 0.2) is 0 Å². The van der Waals surface area contributed by atoms with E-state index in [4.69, 9.17) is 0 Å². The summed E-state index contributed by atoms with van der Waals surface area (Å²) in [7, 11) is 0. The number of alkyl halides is 3. The zero-order chi connectivity index (χ0) is 19.9. The van der Waals surface area contributed by atoms with Gasteiger partial charge in [0.2, 0.25) is 0 Å². The topological polar surface area (TPSA) is 41.5 Å². The fourth-order valence-electron chi connectivity index (χ4n) is 4.90. The first-order valence-corrected chi connectivity index (χ1v) is 10.8. The van der Waals surface area contributed by atoms with Crippen LogP contribution in [0.2, 0.25) is 0 Å². The number of thioether (sulfide) groups is 1. The first-order valence-electron chi connectivity index (χ1n) is 9.95. The Morgan fingerprint density at radius 3 is 2.79 bits per heavy atom. The van der Waals surface area contributed by atoms with Gasteiger partial charge in [0.25, 0.3) is 5.91 Å². The molecule has 0 spiro atoms. The van der Waals surface area contributed by atoms with Crippen LogP contribution >= 0.6 is 11.8 Å². The van der Waals surface area contributed by atoms with E-state index in [2.05, 4.69) is 10.3 Å². The predicted octanol–water partition coefficient (Wildman–Crippen LogP) is 5.76. The highest BCUT2D eigenvalue weighted by atomic mass is 32.2. The average molecular weight is 411 g/mol. The standard InChI is InChI=1S/C21H25F3N2OS/c1-20(7-8-25-17-4-2-3-16(12-17)21(22,23)24)19(27)26-18(28-20)11-15-10-13-5-6-14(15)9-13/h2-4,12-15,25H,5-11H2,1H3. The molecule has 1 aromatic carbocycles. The maximum atomic E-state index is 12.8. The number of nitrogens with zero attached hydrogens (tertiary/aromatic N) is 1. The minimum absolute atomic E-state index is 0.110. The van der Waals surface area contributed by atoms with Crippen molar-refractivity contribution < 1.29 is 18.0 Å². The molecular weight excluding hydrogens is 385 g/mol. The lowest BCUT2D eigenvalue weighted by molar-refractivity contribution is -0.137. The van der Waals surface area contributed by atoms with E-state index < -0.39 is 16.5 Å². The van der Waals surface area contributed by atoms with Gasteiger partial charge in [-0.2, -0.15) is 13.2 Å². The number of hydrogen-bond donors (Lipinski definition) is 1. The van der Waals surface area contributed by atoms with Crippen molar-refractivity contribution in [3.8, 4) is 0 Å². The Bertz CT molecular complexity index is 794. The lowest BCUT2D eigenvalue weighted by Gasteiger charge is -2.23. The summed E-state index contributed by atoms with van der Waals surface area (Å²) in [6.07, 6.45) is 2.37. The van der Waals surface area contributed by atoms with E-state index >= 15 is 0 Å². The Morgan fingerprint density at radius 2 is 2.11 bits per heavy atom. The summed E-state index contributed by atoms with van der Waals surface area (Å²) >= 11 is 1.56. The highest BCUT2D eigenvalue weighted by molar-refractivity contribution is 8.16. The Labute approximate surface area is 167 Å². The van der Waals surface area contributed by atoms with Crippen molar-refractivity contribution in [2.75, 3.05) is 11.9 Å². The van der Waals surface area contributed by atoms with Gasteiger partial charge in [-0.3, -0.25) is 4.79 Å². The zero-order valence-electron chi connectivity index (χ0n) is 15.9. The van der Waals surface area contributed by atoms with Gasteiger partial charge in [-0.15, -0.1) is 0 Å². The molecule has 1 aromatic rings. The van der Waals surface area contributed by atoms with E-state index in [1.54, 1.807) is 17.8 Å². The third-order valence-corrected chi connectivity index (χ3v) is 7.79. The van der Waals surface area contributed by atoms with Crippen LogP contribution in [-0.4, -0.2) is 22.2 Å². The molecule has 28 heavy (non-hydrogen) atoms. The molecule has 7 heteroatoms. The van der Waals surface area contributed by atoms with Crippen LogP contribution in [0.5, 0.6) is 0 Å². The number of fused-ring (bicyclic) bond motifs is 2. The highest BCUT2D eigenvalue weighted by Gasteiger charge is 2.44. The van der Waals surface area contributed by atoms with Gasteiger partial charge in [-0.25, -0.2) is 4.99 Å². The second-order valence-electron chi connectivity index (χ2n) is 8.54. The number of anilines is 1. The maximum absolute atomic E-state index is 12.8. The minimum atomic E-state index is -4.36. The fourth-order valence-corrected chi connectivity index (χ4v) is 6.19. The molecule has 0 radical (unpaired) electrons. The second-order valence-corrected chi connectivity index (χ2v) is 10.1. The molecule has 1 N–H and O–H groups in total. The lowest BCUT2D eigenvalue weighted by Crippen LogP contribution is -2.29. The van der Waals surface area contributed by atoms with Crippen LogP contribution in [0.4, 0.5) is 18.9 Å². The molecule has 152 valence electrons. The third kappa shape index (κ3) is 4.09. The van der Waals surface area contributed by atoms with Crippen LogP contribution in [0.1, 0.15) is 51.0 Å². The normalized spacial score (nSPS) is 32.1. The SMILES string of the molecule is CC1(CCNc2cccc(C(F)(F)F)c2)SC(CC2CC3CCC2C3)=NC1=O. The number of hydrogen-bond acceptors (Lipinski definition) is 3. The van der Waals surface area contributed by atoms with Gasteiger partial charge in [-0.1, -0.05) is 24.2 Å². The van der Waals surface area contributed by atoms with Crippen LogP contribution in [0.3, 0.4) is 0 Å². The highest BCUT2D eigenvalue weighted by Crippen LogP contribution is 2.51. The average Bonchev–Trinajstić information content (AvgIpc) is 3.30. The fraction of sp³-hybridized carbons (Fsp3) is 0.619. The van der Waals surface area contributed by atoms with Crippen molar-refractivity contribution in [2.24, 2.45) is 22.7 Å². The molecule has 2 saturated carbocycles. The number of amides is 1. The maximum Gasteiger partial charge on any atom is 0.416 e. The number of halogens is 3. The summed E-state index contributed by atoms with van der Waals surface area (Å²) in [5, 5.41) is 3.97. The molecule has 2 bridgehead atoms. The molecule has 2 fully saturated rings. The van der Waals surface area contributed by atoms with Crippen molar-refractivity contribution in [1.82, 2.24) is 0 Å². The molecule has 3 nitrogen and oxygen atoms in total. The first-order chi connectivity index (χ1) is 13.2. The summed E-state index contributed by atoms with van der Waals surface area (Å²) in [6, 6.07) is 5.15. The predicted molar refractivity (Wildman–Crippen MR) is 107 cm³/mol. The number of carbonyl (C=O) groups is 1. The summed E-state index contributed by atoms with van der Waals surface area (Å²) < 4.78 is 37.8. The van der Waals surface area contributed by atoms with Gasteiger partial charge in [0.1, 0.15) is 4.75 Å². The molecule has 0 aromatic heterocycles. The van der Waals surface area contributed by atoms with E-state index in [1.807, 2.05) is 6.92 Å². The molecule has 3 aliphatic rings. The van der Waals surface area contributed by atoms with E-state index in [1.165, 1.54) is 31.7 Å². The zero-order valence-corrected chi connectivity index (χ0v) is 16.7. The Balaban J connectivity index is 1.30. The Morgan fingerprint density at radius 1 is 1.29 bits per heavy atom. The first kappa shape index (κ1) is 19.8. The van der Waals surface area contributed by atoms with Crippen molar-refractivity contribution in [2.45, 2.75) is 56.4 Å². The van der Waals surface area contributed by atoms with Gasteiger partial charge >= 0.3 is 6.18 Å². The number of aliphatic imine (C=N–C) groups is 1. The summed E-state index contributed by atoms with van der Waals surface area (Å²) in [5.41, 5.74) is -0.261. The van der Waals surface area contributed by atoms with Gasteiger partial charge in [0.05, 0.1) is 10.6 Å². The van der Waals surface area contributed by atoms with Crippen LogP contribution in [-0.2, 0) is 11.0 Å². The summed E-state index contributed by atoms with van der Waals surface area (Å²) in [6.45, 7) is 2.32. The van der Waals surface area contributed by atoms with Crippen molar-refractivity contribution in [3.05, 3.63) is 29.8 Å². The monoisotopic (exact) mass is 410 g/mol. The number of rotatable bonds is 6. The number of nitrogens with one attached hydrogen (secondary N) is 1. The molecule has 4 rings (SSSR count). The molecule has 1 heterocycles. The molecule has 2 aliphatic carbocycles. The third-order valence-electron chi connectivity index (χ3n) is 6.46. The molecule has 4 atom stereocenters. The Hall–Kier alpha value is -1.50. The summed E-state index contributed by atoms with van der Waals surface area (Å²) in [4.78, 5) is 16.8. The smallest absolute Gasteiger partial charge is 0.385 e.